The molecule has 0 radical (unpaired) electrons. The molecule has 2 aromatic rings. The van der Waals surface area contributed by atoms with Crippen molar-refractivity contribution in [3.05, 3.63) is 30.1 Å². The first-order valence-corrected chi connectivity index (χ1v) is 5.31. The predicted octanol–water partition coefficient (Wildman–Crippen LogP) is 3.32. The molecule has 20 heavy (non-hydrogen) atoms. The lowest BCUT2D eigenvalue weighted by atomic mass is 10.3. The molecule has 112 valence electrons. The quantitative estimate of drug-likeness (QED) is 0.401. The Balaban J connectivity index is 0.000000347. The monoisotopic (exact) mass is 302 g/mol. The third-order valence-electron chi connectivity index (χ3n) is 2.49. The highest BCUT2D eigenvalue weighted by Gasteiger charge is 2.45. The van der Waals surface area contributed by atoms with E-state index in [4.69, 9.17) is 0 Å². The molecule has 0 bridgehead atoms. The van der Waals surface area contributed by atoms with Gasteiger partial charge < -0.3 is 17.3 Å². The number of para-hydroxylation sites is 2. The van der Waals surface area contributed by atoms with Crippen LogP contribution in [0.5, 0.6) is 0 Å². The van der Waals surface area contributed by atoms with Crippen LogP contribution in [0.2, 0.25) is 0 Å². The summed E-state index contributed by atoms with van der Waals surface area (Å²) in [6.07, 6.45) is -4.33. The molecule has 0 saturated heterocycles. The minimum atomic E-state index is -6.00. The van der Waals surface area contributed by atoms with Crippen molar-refractivity contribution in [2.45, 2.75) is 6.18 Å². The van der Waals surface area contributed by atoms with E-state index in [2.05, 4.69) is 0 Å². The van der Waals surface area contributed by atoms with E-state index >= 15 is 0 Å². The van der Waals surface area contributed by atoms with Gasteiger partial charge in [0.2, 0.25) is 0 Å². The summed E-state index contributed by atoms with van der Waals surface area (Å²) in [5.74, 6) is -0.649. The van der Waals surface area contributed by atoms with Gasteiger partial charge in [-0.3, -0.25) is 0 Å². The van der Waals surface area contributed by atoms with Gasteiger partial charge in [-0.25, -0.2) is 9.13 Å². The third kappa shape index (κ3) is 3.88. The largest absolute Gasteiger partial charge is 0.673 e. The number of halogens is 7. The van der Waals surface area contributed by atoms with E-state index in [-0.39, 0.29) is 0 Å². The van der Waals surface area contributed by atoms with Crippen LogP contribution in [0.15, 0.2) is 24.3 Å². The third-order valence-corrected chi connectivity index (χ3v) is 2.49. The van der Waals surface area contributed by atoms with Crippen LogP contribution in [0, 0.1) is 0 Å². The van der Waals surface area contributed by atoms with Crippen LogP contribution in [0.3, 0.4) is 0 Å². The van der Waals surface area contributed by atoms with Crippen molar-refractivity contribution < 1.29 is 35.0 Å². The second kappa shape index (κ2) is 5.33. The fourth-order valence-corrected chi connectivity index (χ4v) is 1.86. The lowest BCUT2D eigenvalue weighted by Crippen LogP contribution is -2.37. The van der Waals surface area contributed by atoms with E-state index < -0.39 is 19.3 Å². The summed E-state index contributed by atoms with van der Waals surface area (Å²) in [5.41, 5.74) is 1.15. The van der Waals surface area contributed by atoms with Crippen LogP contribution < -0.4 is 4.57 Å². The van der Waals surface area contributed by atoms with Gasteiger partial charge >= 0.3 is 19.3 Å². The van der Waals surface area contributed by atoms with Crippen LogP contribution in [-0.4, -0.2) is 11.8 Å². The average molecular weight is 302 g/mol. The molecule has 1 heterocycles. The Morgan fingerprint density at radius 3 is 1.90 bits per heavy atom. The first kappa shape index (κ1) is 16.3. The Morgan fingerprint density at radius 1 is 1.05 bits per heavy atom. The lowest BCUT2D eigenvalue weighted by molar-refractivity contribution is -0.667. The van der Waals surface area contributed by atoms with Crippen LogP contribution in [0.4, 0.5) is 30.4 Å². The zero-order valence-electron chi connectivity index (χ0n) is 10.4. The zero-order chi connectivity index (χ0) is 15.7. The SMILES string of the molecule is Cn1c(C(F)(F)F)[n+](C)c2ccccc21.F[B-](F)(F)F. The number of hydrogen-bond acceptors (Lipinski definition) is 0. The summed E-state index contributed by atoms with van der Waals surface area (Å²) < 4.78 is 79.4. The molecule has 1 aromatic heterocycles. The molecule has 1 aromatic carbocycles. The van der Waals surface area contributed by atoms with Crippen LogP contribution >= 0.6 is 0 Å². The number of imidazole rings is 1. The van der Waals surface area contributed by atoms with Crippen LogP contribution in [-0.2, 0) is 20.3 Å². The highest BCUT2D eigenvalue weighted by atomic mass is 19.5. The number of rotatable bonds is 0. The minimum absolute atomic E-state index is 0.576. The maximum atomic E-state index is 12.7. The maximum Gasteiger partial charge on any atom is 0.673 e. The highest BCUT2D eigenvalue weighted by Crippen LogP contribution is 2.28. The number of benzene rings is 1. The Bertz CT molecular complexity index is 555. The fraction of sp³-hybridized carbons (Fsp3) is 0.300. The minimum Gasteiger partial charge on any atom is -0.418 e. The molecule has 10 heteroatoms. The molecule has 2 rings (SSSR count). The van der Waals surface area contributed by atoms with Crippen molar-refractivity contribution in [1.82, 2.24) is 4.57 Å². The summed E-state index contributed by atoms with van der Waals surface area (Å²) in [6.45, 7) is 0. The van der Waals surface area contributed by atoms with Gasteiger partial charge in [0.05, 0.1) is 14.1 Å². The van der Waals surface area contributed by atoms with Crippen molar-refractivity contribution in [2.75, 3.05) is 0 Å². The Labute approximate surface area is 109 Å². The van der Waals surface area contributed by atoms with Crippen molar-refractivity contribution in [3.63, 3.8) is 0 Å². The van der Waals surface area contributed by atoms with Crippen molar-refractivity contribution >= 4 is 18.3 Å². The molecular weight excluding hydrogens is 292 g/mol. The second-order valence-corrected chi connectivity index (χ2v) is 3.92. The topological polar surface area (TPSA) is 8.81 Å². The molecule has 0 aliphatic rings. The highest BCUT2D eigenvalue weighted by molar-refractivity contribution is 6.50. The van der Waals surface area contributed by atoms with Gasteiger partial charge in [-0.1, -0.05) is 12.1 Å². The number of aryl methyl sites for hydroxylation is 2. The second-order valence-electron chi connectivity index (χ2n) is 3.92. The zero-order valence-corrected chi connectivity index (χ0v) is 10.4. The first-order valence-electron chi connectivity index (χ1n) is 5.31. The van der Waals surface area contributed by atoms with E-state index in [1.807, 2.05) is 0 Å². The fourth-order valence-electron chi connectivity index (χ4n) is 1.86. The van der Waals surface area contributed by atoms with Gasteiger partial charge in [-0.15, -0.1) is 0 Å². The maximum absolute atomic E-state index is 12.7. The molecule has 0 N–H and O–H groups in total. The van der Waals surface area contributed by atoms with Gasteiger partial charge in [0, 0.05) is 0 Å². The van der Waals surface area contributed by atoms with Crippen molar-refractivity contribution in [2.24, 2.45) is 14.1 Å². The molecule has 0 aliphatic heterocycles. The van der Waals surface area contributed by atoms with Gasteiger partial charge in [-0.05, 0) is 12.1 Å². The van der Waals surface area contributed by atoms with E-state index in [0.29, 0.717) is 11.0 Å². The Hall–Kier alpha value is -1.74. The van der Waals surface area contributed by atoms with Crippen LogP contribution in [0.25, 0.3) is 11.0 Å². The Morgan fingerprint density at radius 2 is 1.50 bits per heavy atom. The summed E-state index contributed by atoms with van der Waals surface area (Å²) in [5, 5.41) is 0. The predicted molar refractivity (Wildman–Crippen MR) is 59.3 cm³/mol. The summed E-state index contributed by atoms with van der Waals surface area (Å²) in [7, 11) is -3.16. The Kier molecular flexibility index (Phi) is 4.35. The number of hydrogen-bond donors (Lipinski definition) is 0. The smallest absolute Gasteiger partial charge is 0.418 e. The van der Waals surface area contributed by atoms with E-state index in [1.54, 1.807) is 24.3 Å². The standard InChI is InChI=1S/C10H10F3N2.BF4/c1-14-7-5-3-4-6-8(7)15(2)9(14)10(11,12)13;2-1(3,4)5/h3-6H,1-2H3;/q+1;-1. The molecule has 0 atom stereocenters. The molecule has 2 nitrogen and oxygen atoms in total. The van der Waals surface area contributed by atoms with E-state index in [9.17, 15) is 30.4 Å². The van der Waals surface area contributed by atoms with Gasteiger partial charge in [-0.2, -0.15) is 13.2 Å². The molecular formula is C10H10BF7N2. The summed E-state index contributed by atoms with van der Waals surface area (Å²) in [4.78, 5) is 0. The van der Waals surface area contributed by atoms with E-state index in [0.717, 1.165) is 9.13 Å². The number of fused-ring (bicyclic) bond motifs is 1. The molecule has 0 aliphatic carbocycles. The first-order chi connectivity index (χ1) is 8.93. The number of nitrogens with zero attached hydrogens (tertiary/aromatic N) is 2. The molecule has 0 amide bonds. The van der Waals surface area contributed by atoms with Gasteiger partial charge in [0.25, 0.3) is 0 Å². The van der Waals surface area contributed by atoms with Crippen molar-refractivity contribution in [1.29, 1.82) is 0 Å². The van der Waals surface area contributed by atoms with Gasteiger partial charge in [0.15, 0.2) is 11.0 Å². The van der Waals surface area contributed by atoms with Crippen LogP contribution in [0.1, 0.15) is 5.82 Å². The lowest BCUT2D eigenvalue weighted by Gasteiger charge is -2.01. The number of aromatic nitrogens is 2. The molecule has 0 spiro atoms. The molecule has 0 unspecified atom stereocenters. The molecule has 0 fully saturated rings. The summed E-state index contributed by atoms with van der Waals surface area (Å²) in [6, 6.07) is 6.79. The average Bonchev–Trinajstić information content (AvgIpc) is 2.49. The van der Waals surface area contributed by atoms with Crippen molar-refractivity contribution in [3.8, 4) is 0 Å². The molecule has 0 saturated carbocycles. The summed E-state index contributed by atoms with van der Waals surface area (Å²) >= 11 is 0. The van der Waals surface area contributed by atoms with E-state index in [1.165, 1.54) is 14.1 Å². The van der Waals surface area contributed by atoms with Gasteiger partial charge in [0.1, 0.15) is 0 Å². The number of alkyl halides is 3. The normalized spacial score (nSPS) is 12.2.